The van der Waals surface area contributed by atoms with E-state index in [4.69, 9.17) is 11.6 Å². The fourth-order valence-corrected chi connectivity index (χ4v) is 0.800. The van der Waals surface area contributed by atoms with Crippen molar-refractivity contribution in [1.82, 2.24) is 9.55 Å². The maximum atomic E-state index is 11.7. The van der Waals surface area contributed by atoms with Crippen LogP contribution in [0.5, 0.6) is 0 Å². The van der Waals surface area contributed by atoms with E-state index in [1.54, 1.807) is 0 Å². The summed E-state index contributed by atoms with van der Waals surface area (Å²) in [6, 6.07) is 1.15. The number of rotatable bonds is 2. The van der Waals surface area contributed by atoms with Crippen molar-refractivity contribution < 1.29 is 4.39 Å². The van der Waals surface area contributed by atoms with E-state index in [1.807, 2.05) is 0 Å². The Morgan fingerprint density at radius 2 is 2.45 bits per heavy atom. The molecule has 1 heterocycles. The van der Waals surface area contributed by atoms with Crippen LogP contribution in [0.4, 0.5) is 4.39 Å². The molecule has 1 rings (SSSR count). The van der Waals surface area contributed by atoms with Gasteiger partial charge in [-0.15, -0.1) is 0 Å². The van der Waals surface area contributed by atoms with Gasteiger partial charge in [0, 0.05) is 6.07 Å². The maximum Gasteiger partial charge on any atom is 0.254 e. The van der Waals surface area contributed by atoms with Gasteiger partial charge < -0.3 is 0 Å². The lowest BCUT2D eigenvalue weighted by atomic mass is 10.6. The van der Waals surface area contributed by atoms with Gasteiger partial charge in [0.1, 0.15) is 11.8 Å². The molecule has 5 heteroatoms. The number of aryl methyl sites for hydroxylation is 1. The average Bonchev–Trinajstić information content (AvgIpc) is 1.95. The van der Waals surface area contributed by atoms with E-state index in [0.29, 0.717) is 0 Å². The van der Waals surface area contributed by atoms with Crippen LogP contribution in [0.25, 0.3) is 0 Å². The Morgan fingerprint density at radius 3 is 3.00 bits per heavy atom. The minimum Gasteiger partial charge on any atom is -0.297 e. The van der Waals surface area contributed by atoms with Crippen LogP contribution in [0.2, 0.25) is 5.15 Å². The van der Waals surface area contributed by atoms with Gasteiger partial charge in [-0.05, 0) is 0 Å². The highest BCUT2D eigenvalue weighted by atomic mass is 35.5. The summed E-state index contributed by atoms with van der Waals surface area (Å²) in [7, 11) is 0. The number of hydrogen-bond acceptors (Lipinski definition) is 2. The van der Waals surface area contributed by atoms with Crippen molar-refractivity contribution in [3.05, 3.63) is 27.9 Å². The van der Waals surface area contributed by atoms with E-state index in [0.717, 1.165) is 10.6 Å². The molecule has 60 valence electrons. The third-order valence-electron chi connectivity index (χ3n) is 1.17. The largest absolute Gasteiger partial charge is 0.297 e. The minimum absolute atomic E-state index is 0.0308. The SMILES string of the molecule is O=c1cc(Cl)ncn1CCF. The summed E-state index contributed by atoms with van der Waals surface area (Å²) in [6.45, 7) is -0.549. The van der Waals surface area contributed by atoms with Crippen LogP contribution < -0.4 is 5.56 Å². The van der Waals surface area contributed by atoms with Gasteiger partial charge in [-0.25, -0.2) is 9.37 Å². The Hall–Kier alpha value is -0.900. The zero-order chi connectivity index (χ0) is 8.27. The first kappa shape index (κ1) is 8.20. The van der Waals surface area contributed by atoms with E-state index < -0.39 is 6.67 Å². The van der Waals surface area contributed by atoms with Crippen LogP contribution in [-0.2, 0) is 6.54 Å². The molecule has 3 nitrogen and oxygen atoms in total. The third-order valence-corrected chi connectivity index (χ3v) is 1.38. The summed E-state index contributed by atoms with van der Waals surface area (Å²) in [5, 5.41) is 0.130. The quantitative estimate of drug-likeness (QED) is 0.627. The van der Waals surface area contributed by atoms with Crippen molar-refractivity contribution in [2.24, 2.45) is 0 Å². The maximum absolute atomic E-state index is 11.7. The molecule has 0 saturated carbocycles. The van der Waals surface area contributed by atoms with E-state index in [9.17, 15) is 9.18 Å². The number of aromatic nitrogens is 2. The lowest BCUT2D eigenvalue weighted by Gasteiger charge is -1.98. The fourth-order valence-electron chi connectivity index (χ4n) is 0.663. The molecule has 0 atom stereocenters. The van der Waals surface area contributed by atoms with Gasteiger partial charge in [0.25, 0.3) is 5.56 Å². The van der Waals surface area contributed by atoms with Gasteiger partial charge in [-0.2, -0.15) is 0 Å². The molecule has 0 aliphatic rings. The molecule has 1 aromatic heterocycles. The van der Waals surface area contributed by atoms with Crippen molar-refractivity contribution >= 4 is 11.6 Å². The standard InChI is InChI=1S/C6H6ClFN2O/c7-5-3-6(11)10(2-1-8)4-9-5/h3-4H,1-2H2. The summed E-state index contributed by atoms with van der Waals surface area (Å²) in [4.78, 5) is 14.5. The smallest absolute Gasteiger partial charge is 0.254 e. The van der Waals surface area contributed by atoms with Crippen LogP contribution in [0, 0.1) is 0 Å². The first-order chi connectivity index (χ1) is 5.24. The number of hydrogen-bond donors (Lipinski definition) is 0. The van der Waals surface area contributed by atoms with Crippen molar-refractivity contribution in [2.45, 2.75) is 6.54 Å². The Kier molecular flexibility index (Phi) is 2.59. The second kappa shape index (κ2) is 3.48. The zero-order valence-corrected chi connectivity index (χ0v) is 6.38. The van der Waals surface area contributed by atoms with Gasteiger partial charge in [0.15, 0.2) is 0 Å². The molecular weight excluding hydrogens is 171 g/mol. The number of alkyl halides is 1. The minimum atomic E-state index is -0.580. The van der Waals surface area contributed by atoms with Crippen molar-refractivity contribution in [1.29, 1.82) is 0 Å². The first-order valence-corrected chi connectivity index (χ1v) is 3.40. The van der Waals surface area contributed by atoms with Gasteiger partial charge in [0.05, 0.1) is 12.9 Å². The van der Waals surface area contributed by atoms with Crippen LogP contribution in [0.1, 0.15) is 0 Å². The zero-order valence-electron chi connectivity index (χ0n) is 5.63. The average molecular weight is 177 g/mol. The summed E-state index contributed by atoms with van der Waals surface area (Å²) in [5.74, 6) is 0. The van der Waals surface area contributed by atoms with E-state index in [-0.39, 0.29) is 17.3 Å². The summed E-state index contributed by atoms with van der Waals surface area (Å²) in [5.41, 5.74) is -0.331. The van der Waals surface area contributed by atoms with Crippen molar-refractivity contribution in [3.63, 3.8) is 0 Å². The molecule has 0 aromatic carbocycles. The highest BCUT2D eigenvalue weighted by Gasteiger charge is 1.95. The molecule has 0 spiro atoms. The van der Waals surface area contributed by atoms with E-state index >= 15 is 0 Å². The van der Waals surface area contributed by atoms with Gasteiger partial charge in [0.2, 0.25) is 0 Å². The first-order valence-electron chi connectivity index (χ1n) is 3.02. The Balaban J connectivity index is 3.00. The predicted octanol–water partition coefficient (Wildman–Crippen LogP) is 0.866. The van der Waals surface area contributed by atoms with E-state index in [1.165, 1.54) is 6.33 Å². The van der Waals surface area contributed by atoms with Gasteiger partial charge >= 0.3 is 0 Å². The normalized spacial score (nSPS) is 10.0. The lowest BCUT2D eigenvalue weighted by molar-refractivity contribution is 0.438. The van der Waals surface area contributed by atoms with Crippen LogP contribution in [0.3, 0.4) is 0 Å². The Morgan fingerprint density at radius 1 is 1.73 bits per heavy atom. The number of nitrogens with zero attached hydrogens (tertiary/aromatic N) is 2. The molecule has 1 aromatic rings. The Labute approximate surface area is 67.4 Å². The topological polar surface area (TPSA) is 34.9 Å². The molecule has 11 heavy (non-hydrogen) atoms. The summed E-state index contributed by atoms with van der Waals surface area (Å²) >= 11 is 5.40. The Bertz CT molecular complexity index is 299. The monoisotopic (exact) mass is 176 g/mol. The molecule has 0 amide bonds. The molecule has 0 aliphatic heterocycles. The molecule has 0 N–H and O–H groups in total. The van der Waals surface area contributed by atoms with Gasteiger partial charge in [-0.1, -0.05) is 11.6 Å². The fraction of sp³-hybridized carbons (Fsp3) is 0.333. The molecule has 0 fully saturated rings. The molecule has 0 saturated heterocycles. The molecular formula is C6H6ClFN2O. The van der Waals surface area contributed by atoms with Gasteiger partial charge in [-0.3, -0.25) is 9.36 Å². The third kappa shape index (κ3) is 2.01. The van der Waals surface area contributed by atoms with E-state index in [2.05, 4.69) is 4.98 Å². The van der Waals surface area contributed by atoms with Crippen LogP contribution >= 0.6 is 11.6 Å². The van der Waals surface area contributed by atoms with Crippen LogP contribution in [-0.4, -0.2) is 16.2 Å². The molecule has 0 bridgehead atoms. The highest BCUT2D eigenvalue weighted by molar-refractivity contribution is 6.29. The van der Waals surface area contributed by atoms with Crippen molar-refractivity contribution in [2.75, 3.05) is 6.67 Å². The number of halogens is 2. The summed E-state index contributed by atoms with van der Waals surface area (Å²) in [6.07, 6.45) is 1.23. The second-order valence-corrected chi connectivity index (χ2v) is 2.32. The van der Waals surface area contributed by atoms with Crippen molar-refractivity contribution in [3.8, 4) is 0 Å². The summed E-state index contributed by atoms with van der Waals surface area (Å²) < 4.78 is 12.9. The molecule has 0 unspecified atom stereocenters. The predicted molar refractivity (Wildman–Crippen MR) is 39.5 cm³/mol. The highest BCUT2D eigenvalue weighted by Crippen LogP contribution is 1.95. The molecule has 0 aliphatic carbocycles. The molecule has 0 radical (unpaired) electrons. The van der Waals surface area contributed by atoms with Crippen LogP contribution in [0.15, 0.2) is 17.2 Å². The second-order valence-electron chi connectivity index (χ2n) is 1.93. The lowest BCUT2D eigenvalue weighted by Crippen LogP contribution is -2.19.